The summed E-state index contributed by atoms with van der Waals surface area (Å²) in [5.41, 5.74) is 1.09. The first-order chi connectivity index (χ1) is 9.65. The fourth-order valence-electron chi connectivity index (χ4n) is 1.95. The number of halogens is 1. The van der Waals surface area contributed by atoms with Crippen molar-refractivity contribution in [1.29, 1.82) is 5.41 Å². The van der Waals surface area contributed by atoms with Crippen molar-refractivity contribution in [2.45, 2.75) is 11.7 Å². The molecular weight excluding hydrogens is 358 g/mol. The third-order valence-corrected chi connectivity index (χ3v) is 5.24. The molecule has 0 spiro atoms. The van der Waals surface area contributed by atoms with Gasteiger partial charge in [0.05, 0.1) is 5.25 Å². The van der Waals surface area contributed by atoms with Crippen molar-refractivity contribution in [2.75, 3.05) is 4.90 Å². The fraction of sp³-hybridized carbons (Fsp3) is 0.154. The molecule has 1 aliphatic rings. The van der Waals surface area contributed by atoms with Crippen LogP contribution in [0.5, 0.6) is 0 Å². The molecule has 0 saturated carbocycles. The highest BCUT2D eigenvalue weighted by molar-refractivity contribution is 9.10. The highest BCUT2D eigenvalue weighted by atomic mass is 79.9. The van der Waals surface area contributed by atoms with Gasteiger partial charge >= 0.3 is 0 Å². The van der Waals surface area contributed by atoms with Gasteiger partial charge in [0.2, 0.25) is 5.91 Å². The molecule has 1 aromatic carbocycles. The van der Waals surface area contributed by atoms with Crippen molar-refractivity contribution >= 4 is 55.2 Å². The number of amides is 1. The lowest BCUT2D eigenvalue weighted by molar-refractivity contribution is -0.116. The third kappa shape index (κ3) is 2.65. The van der Waals surface area contributed by atoms with Crippen LogP contribution in [0, 0.1) is 5.41 Å². The second kappa shape index (κ2) is 5.67. The first-order valence-corrected chi connectivity index (χ1v) is 8.43. The number of hydrogen-bond acceptors (Lipinski definition) is 5. The minimum Gasteiger partial charge on any atom is -0.278 e. The molecule has 1 unspecified atom stereocenters. The molecule has 1 aromatic heterocycles. The average molecular weight is 368 g/mol. The summed E-state index contributed by atoms with van der Waals surface area (Å²) in [5.74, 6) is -0.0575. The molecule has 1 fully saturated rings. The SMILES string of the molecule is N=C1SC(Cc2ccc(Br)cc2)C(=O)N1c1nccs1. The predicted molar refractivity (Wildman–Crippen MR) is 86.6 cm³/mol. The van der Waals surface area contributed by atoms with Crippen LogP contribution in [-0.2, 0) is 11.2 Å². The molecule has 20 heavy (non-hydrogen) atoms. The molecule has 2 heterocycles. The Morgan fingerprint density at radius 3 is 2.75 bits per heavy atom. The van der Waals surface area contributed by atoms with Crippen molar-refractivity contribution in [3.05, 3.63) is 45.9 Å². The van der Waals surface area contributed by atoms with E-state index in [1.165, 1.54) is 28.0 Å². The second-order valence-corrected chi connectivity index (χ2v) is 7.21. The summed E-state index contributed by atoms with van der Waals surface area (Å²) in [5, 5.41) is 10.4. The molecular formula is C13H10BrN3OS2. The van der Waals surface area contributed by atoms with E-state index in [1.54, 1.807) is 6.20 Å². The Hall–Kier alpha value is -1.18. The van der Waals surface area contributed by atoms with Crippen molar-refractivity contribution < 1.29 is 4.79 Å². The van der Waals surface area contributed by atoms with Gasteiger partial charge in [0, 0.05) is 16.0 Å². The van der Waals surface area contributed by atoms with Crippen LogP contribution in [-0.4, -0.2) is 21.3 Å². The van der Waals surface area contributed by atoms with E-state index in [-0.39, 0.29) is 16.3 Å². The standard InChI is InChI=1S/C13H10BrN3OS2/c14-9-3-1-8(2-4-9)7-10-11(18)17(12(15)20-10)13-16-5-6-19-13/h1-6,10,15H,7H2. The Labute approximate surface area is 132 Å². The number of nitrogens with one attached hydrogen (secondary N) is 1. The van der Waals surface area contributed by atoms with Gasteiger partial charge in [-0.15, -0.1) is 11.3 Å². The zero-order valence-electron chi connectivity index (χ0n) is 10.2. The Kier molecular flexibility index (Phi) is 3.91. The number of thiazole rings is 1. The average Bonchev–Trinajstić information content (AvgIpc) is 3.02. The van der Waals surface area contributed by atoms with E-state index in [2.05, 4.69) is 20.9 Å². The van der Waals surface area contributed by atoms with Crippen LogP contribution in [0.3, 0.4) is 0 Å². The van der Waals surface area contributed by atoms with Crippen molar-refractivity contribution in [3.8, 4) is 0 Å². The molecule has 1 amide bonds. The van der Waals surface area contributed by atoms with E-state index in [1.807, 2.05) is 29.6 Å². The zero-order chi connectivity index (χ0) is 14.1. The first-order valence-electron chi connectivity index (χ1n) is 5.88. The van der Waals surface area contributed by atoms with Crippen molar-refractivity contribution in [1.82, 2.24) is 4.98 Å². The van der Waals surface area contributed by atoms with Gasteiger partial charge in [-0.1, -0.05) is 39.8 Å². The molecule has 4 nitrogen and oxygen atoms in total. The van der Waals surface area contributed by atoms with Crippen LogP contribution < -0.4 is 4.90 Å². The maximum absolute atomic E-state index is 12.4. The number of amidine groups is 1. The van der Waals surface area contributed by atoms with Crippen molar-refractivity contribution in [2.24, 2.45) is 0 Å². The molecule has 7 heteroatoms. The van der Waals surface area contributed by atoms with E-state index in [0.717, 1.165) is 10.0 Å². The number of thioether (sulfide) groups is 1. The van der Waals surface area contributed by atoms with Crippen LogP contribution in [0.1, 0.15) is 5.56 Å². The van der Waals surface area contributed by atoms with Gasteiger partial charge in [-0.3, -0.25) is 10.2 Å². The van der Waals surface area contributed by atoms with E-state index in [4.69, 9.17) is 5.41 Å². The number of hydrogen-bond donors (Lipinski definition) is 1. The third-order valence-electron chi connectivity index (χ3n) is 2.90. The lowest BCUT2D eigenvalue weighted by Crippen LogP contribution is -2.32. The second-order valence-electron chi connectivity index (χ2n) is 4.23. The number of anilines is 1. The molecule has 2 aromatic rings. The summed E-state index contributed by atoms with van der Waals surface area (Å²) in [4.78, 5) is 17.9. The van der Waals surface area contributed by atoms with E-state index >= 15 is 0 Å². The van der Waals surface area contributed by atoms with Gasteiger partial charge in [-0.05, 0) is 24.1 Å². The molecule has 3 rings (SSSR count). The van der Waals surface area contributed by atoms with Crippen LogP contribution in [0.25, 0.3) is 0 Å². The van der Waals surface area contributed by atoms with Crippen molar-refractivity contribution in [3.63, 3.8) is 0 Å². The maximum atomic E-state index is 12.4. The van der Waals surface area contributed by atoms with Gasteiger partial charge in [0.15, 0.2) is 10.3 Å². The van der Waals surface area contributed by atoms with Crippen LogP contribution in [0.4, 0.5) is 5.13 Å². The minimum atomic E-state index is -0.243. The normalized spacial score (nSPS) is 18.9. The summed E-state index contributed by atoms with van der Waals surface area (Å²) in [7, 11) is 0. The quantitative estimate of drug-likeness (QED) is 0.902. The molecule has 1 saturated heterocycles. The number of aromatic nitrogens is 1. The molecule has 0 bridgehead atoms. The summed E-state index contributed by atoms with van der Waals surface area (Å²) >= 11 is 6.06. The van der Waals surface area contributed by atoms with Gasteiger partial charge in [-0.2, -0.15) is 0 Å². The van der Waals surface area contributed by atoms with Crippen LogP contribution in [0.15, 0.2) is 40.3 Å². The predicted octanol–water partition coefficient (Wildman–Crippen LogP) is 3.53. The largest absolute Gasteiger partial charge is 0.278 e. The smallest absolute Gasteiger partial charge is 0.248 e. The van der Waals surface area contributed by atoms with E-state index in [0.29, 0.717) is 11.6 Å². The topological polar surface area (TPSA) is 57.1 Å². The molecule has 1 aliphatic heterocycles. The molecule has 0 radical (unpaired) electrons. The van der Waals surface area contributed by atoms with Gasteiger partial charge in [-0.25, -0.2) is 9.88 Å². The number of nitrogens with zero attached hydrogens (tertiary/aromatic N) is 2. The zero-order valence-corrected chi connectivity index (χ0v) is 13.5. The Bertz CT molecular complexity index is 642. The lowest BCUT2D eigenvalue weighted by atomic mass is 10.1. The minimum absolute atomic E-state index is 0.0575. The monoisotopic (exact) mass is 367 g/mol. The Balaban J connectivity index is 1.78. The number of carbonyl (C=O) groups is 1. The first kappa shape index (κ1) is 13.8. The molecule has 1 N–H and O–H groups in total. The summed E-state index contributed by atoms with van der Waals surface area (Å²) in [6.07, 6.45) is 2.27. The van der Waals surface area contributed by atoms with Gasteiger partial charge in [0.25, 0.3) is 0 Å². The summed E-state index contributed by atoms with van der Waals surface area (Å²) < 4.78 is 1.02. The van der Waals surface area contributed by atoms with Crippen LogP contribution in [0.2, 0.25) is 0 Å². The van der Waals surface area contributed by atoms with Crippen LogP contribution >= 0.6 is 39.0 Å². The summed E-state index contributed by atoms with van der Waals surface area (Å²) in [6, 6.07) is 7.91. The Morgan fingerprint density at radius 2 is 2.10 bits per heavy atom. The maximum Gasteiger partial charge on any atom is 0.248 e. The lowest BCUT2D eigenvalue weighted by Gasteiger charge is -2.11. The van der Waals surface area contributed by atoms with E-state index in [9.17, 15) is 4.79 Å². The molecule has 102 valence electrons. The van der Waals surface area contributed by atoms with Gasteiger partial charge < -0.3 is 0 Å². The number of rotatable bonds is 3. The molecule has 0 aliphatic carbocycles. The van der Waals surface area contributed by atoms with E-state index < -0.39 is 0 Å². The highest BCUT2D eigenvalue weighted by Crippen LogP contribution is 2.33. The molecule has 1 atom stereocenters. The highest BCUT2D eigenvalue weighted by Gasteiger charge is 2.39. The van der Waals surface area contributed by atoms with Gasteiger partial charge in [0.1, 0.15) is 0 Å². The number of benzene rings is 1. The fourth-order valence-corrected chi connectivity index (χ4v) is 3.96. The Morgan fingerprint density at radius 1 is 1.35 bits per heavy atom. The number of carbonyl (C=O) groups excluding carboxylic acids is 1. The summed E-state index contributed by atoms with van der Waals surface area (Å²) in [6.45, 7) is 0.